The lowest BCUT2D eigenvalue weighted by atomic mass is 9.70. The van der Waals surface area contributed by atoms with E-state index in [0.29, 0.717) is 0 Å². The van der Waals surface area contributed by atoms with Crippen LogP contribution in [0.2, 0.25) is 0 Å². The van der Waals surface area contributed by atoms with E-state index in [2.05, 4.69) is 292 Å². The molecule has 12 aromatic carbocycles. The Morgan fingerprint density at radius 1 is 0.304 bits per heavy atom. The standard InChI is InChI=1S/C76H51NOSi/c1-75(2)65-29-12-6-23-55(65)59-40-36-51(46-69(59)75)77(52-37-41-60-58-26-9-15-32-68(58)76(70(60)47-52)66-30-13-7-24-56(66)57-25-8-14-31-67(57)76)50-38-42-71-64(45-50)61-39-35-49(44-72(61)78-71)48-19-18-22-54(43-48)79(53-20-4-3-5-21-53)73-33-16-10-27-62(73)63-28-11-17-34-74(63)79/h3-47H,1-2H3. The van der Waals surface area contributed by atoms with Crippen LogP contribution in [0.4, 0.5) is 17.1 Å². The van der Waals surface area contributed by atoms with E-state index in [-0.39, 0.29) is 5.41 Å². The smallest absolute Gasteiger partial charge is 0.180 e. The van der Waals surface area contributed by atoms with Crippen molar-refractivity contribution in [3.8, 4) is 55.6 Å². The topological polar surface area (TPSA) is 16.4 Å². The van der Waals surface area contributed by atoms with E-state index in [9.17, 15) is 0 Å². The summed E-state index contributed by atoms with van der Waals surface area (Å²) in [7, 11) is -2.67. The van der Waals surface area contributed by atoms with Crippen molar-refractivity contribution in [2.75, 3.05) is 4.90 Å². The van der Waals surface area contributed by atoms with Gasteiger partial charge in [0, 0.05) is 33.2 Å². The Hall–Kier alpha value is -9.54. The van der Waals surface area contributed by atoms with Crippen LogP contribution in [0.15, 0.2) is 277 Å². The highest BCUT2D eigenvalue weighted by Gasteiger charge is 2.52. The monoisotopic (exact) mass is 1020 g/mol. The van der Waals surface area contributed by atoms with Crippen molar-refractivity contribution in [1.29, 1.82) is 0 Å². The molecule has 17 rings (SSSR count). The second kappa shape index (κ2) is 16.2. The van der Waals surface area contributed by atoms with Gasteiger partial charge in [-0.2, -0.15) is 0 Å². The van der Waals surface area contributed by atoms with Crippen molar-refractivity contribution >= 4 is 67.8 Å². The molecule has 0 amide bonds. The van der Waals surface area contributed by atoms with Gasteiger partial charge in [0.05, 0.1) is 5.41 Å². The normalized spacial score (nSPS) is 14.8. The number of rotatable bonds is 6. The molecule has 0 saturated carbocycles. The fraction of sp³-hybridized carbons (Fsp3) is 0.0526. The number of fused-ring (bicyclic) bond motifs is 19. The van der Waals surface area contributed by atoms with Gasteiger partial charge in [0.2, 0.25) is 0 Å². The van der Waals surface area contributed by atoms with Gasteiger partial charge >= 0.3 is 0 Å². The van der Waals surface area contributed by atoms with Crippen LogP contribution < -0.4 is 25.6 Å². The highest BCUT2D eigenvalue weighted by molar-refractivity contribution is 7.22. The molecule has 1 spiro atoms. The second-order valence-corrected chi connectivity index (χ2v) is 26.4. The summed E-state index contributed by atoms with van der Waals surface area (Å²) in [5.41, 5.74) is 25.3. The molecule has 0 N–H and O–H groups in total. The Morgan fingerprint density at radius 3 is 1.41 bits per heavy atom. The van der Waals surface area contributed by atoms with Crippen molar-refractivity contribution in [2.24, 2.45) is 0 Å². The van der Waals surface area contributed by atoms with Gasteiger partial charge in [0.15, 0.2) is 8.07 Å². The van der Waals surface area contributed by atoms with Gasteiger partial charge < -0.3 is 9.32 Å². The molecule has 0 fully saturated rings. The van der Waals surface area contributed by atoms with Gasteiger partial charge in [-0.05, 0) is 164 Å². The Balaban J connectivity index is 0.833. The zero-order valence-corrected chi connectivity index (χ0v) is 44.8. The summed E-state index contributed by atoms with van der Waals surface area (Å²) in [6, 6.07) is 103. The molecule has 0 saturated heterocycles. The summed E-state index contributed by atoms with van der Waals surface area (Å²) < 4.78 is 6.91. The van der Waals surface area contributed by atoms with E-state index >= 15 is 0 Å². The molecule has 2 nitrogen and oxygen atoms in total. The Kier molecular flexibility index (Phi) is 9.17. The first-order valence-corrected chi connectivity index (χ1v) is 29.7. The summed E-state index contributed by atoms with van der Waals surface area (Å²) in [5, 5.41) is 7.86. The van der Waals surface area contributed by atoms with Crippen LogP contribution in [0.1, 0.15) is 47.2 Å². The highest BCUT2D eigenvalue weighted by atomic mass is 28.3. The first-order chi connectivity index (χ1) is 38.9. The maximum atomic E-state index is 6.91. The number of furan rings is 1. The van der Waals surface area contributed by atoms with E-state index in [1.54, 1.807) is 0 Å². The minimum atomic E-state index is -2.67. The molecule has 0 atom stereocenters. The third-order valence-electron chi connectivity index (χ3n) is 18.6. The number of hydrogen-bond donors (Lipinski definition) is 0. The zero-order chi connectivity index (χ0) is 52.2. The fourth-order valence-electron chi connectivity index (χ4n) is 15.2. The minimum Gasteiger partial charge on any atom is -0.456 e. The number of anilines is 3. The molecule has 2 heterocycles. The summed E-state index contributed by atoms with van der Waals surface area (Å²) in [4.78, 5) is 2.49. The van der Waals surface area contributed by atoms with Crippen molar-refractivity contribution in [3.63, 3.8) is 0 Å². The summed E-state index contributed by atoms with van der Waals surface area (Å²) in [6.07, 6.45) is 0. The molecule has 0 unspecified atom stereocenters. The van der Waals surface area contributed by atoms with Crippen molar-refractivity contribution in [1.82, 2.24) is 0 Å². The highest BCUT2D eigenvalue weighted by Crippen LogP contribution is 2.63. The largest absolute Gasteiger partial charge is 0.456 e. The molecule has 1 aromatic heterocycles. The predicted molar refractivity (Wildman–Crippen MR) is 330 cm³/mol. The summed E-state index contributed by atoms with van der Waals surface area (Å²) in [6.45, 7) is 4.75. The van der Waals surface area contributed by atoms with Crippen molar-refractivity contribution in [3.05, 3.63) is 306 Å². The lowest BCUT2D eigenvalue weighted by molar-refractivity contribution is 0.660. The number of nitrogens with zero attached hydrogens (tertiary/aromatic N) is 1. The third kappa shape index (κ3) is 5.90. The van der Waals surface area contributed by atoms with Crippen molar-refractivity contribution in [2.45, 2.75) is 24.7 Å². The van der Waals surface area contributed by atoms with Crippen LogP contribution in [-0.4, -0.2) is 8.07 Å². The van der Waals surface area contributed by atoms with Crippen LogP contribution >= 0.6 is 0 Å². The third-order valence-corrected chi connectivity index (χ3v) is 23.4. The second-order valence-electron chi connectivity index (χ2n) is 22.6. The zero-order valence-electron chi connectivity index (χ0n) is 43.8. The molecule has 1 aliphatic heterocycles. The van der Waals surface area contributed by atoms with Crippen LogP contribution in [0.5, 0.6) is 0 Å². The maximum Gasteiger partial charge on any atom is 0.180 e. The number of hydrogen-bond acceptors (Lipinski definition) is 2. The average molecular weight is 1020 g/mol. The van der Waals surface area contributed by atoms with E-state index < -0.39 is 13.5 Å². The molecule has 0 radical (unpaired) electrons. The van der Waals surface area contributed by atoms with Crippen LogP contribution in [-0.2, 0) is 10.8 Å². The molecule has 4 aliphatic rings. The molecular weight excluding hydrogens is 971 g/mol. The summed E-state index contributed by atoms with van der Waals surface area (Å²) >= 11 is 0. The molecule has 3 heteroatoms. The summed E-state index contributed by atoms with van der Waals surface area (Å²) in [5.74, 6) is 0. The van der Waals surface area contributed by atoms with Crippen LogP contribution in [0.3, 0.4) is 0 Å². The quantitative estimate of drug-likeness (QED) is 0.154. The molecule has 0 bridgehead atoms. The van der Waals surface area contributed by atoms with Gasteiger partial charge in [-0.15, -0.1) is 0 Å². The minimum absolute atomic E-state index is 0.174. The molecular formula is C76H51NOSi. The van der Waals surface area contributed by atoms with Crippen LogP contribution in [0, 0.1) is 0 Å². The molecule has 3 aliphatic carbocycles. The first kappa shape index (κ1) is 44.6. The SMILES string of the molecule is CC1(C)c2ccccc2-c2ccc(N(c3ccc4c(c3)C3(c5ccccc5-c5ccccc53)c3ccccc3-4)c3ccc4oc5cc(-c6cccc([Si]7(c8ccccc8)c8ccccc8-c8ccccc87)c6)ccc5c4c3)cc21. The lowest BCUT2D eigenvalue weighted by Gasteiger charge is -2.32. The first-order valence-electron chi connectivity index (χ1n) is 27.7. The molecule has 79 heavy (non-hydrogen) atoms. The lowest BCUT2D eigenvalue weighted by Crippen LogP contribution is -2.72. The fourth-order valence-corrected chi connectivity index (χ4v) is 20.4. The van der Waals surface area contributed by atoms with Gasteiger partial charge in [0.1, 0.15) is 11.2 Å². The molecule has 13 aromatic rings. The van der Waals surface area contributed by atoms with Gasteiger partial charge in [-0.1, -0.05) is 232 Å². The van der Waals surface area contributed by atoms with Gasteiger partial charge in [-0.25, -0.2) is 0 Å². The Bertz CT molecular complexity index is 4620. The van der Waals surface area contributed by atoms with E-state index in [0.717, 1.165) is 44.6 Å². The van der Waals surface area contributed by atoms with Crippen molar-refractivity contribution < 1.29 is 4.42 Å². The average Bonchev–Trinajstić information content (AvgIpc) is 3.28. The van der Waals surface area contributed by atoms with Crippen LogP contribution in [0.25, 0.3) is 77.6 Å². The number of benzene rings is 12. The maximum absolute atomic E-state index is 6.91. The van der Waals surface area contributed by atoms with Gasteiger partial charge in [0.25, 0.3) is 0 Å². The Morgan fingerprint density at radius 2 is 0.772 bits per heavy atom. The molecule has 370 valence electrons. The van der Waals surface area contributed by atoms with E-state index in [1.807, 2.05) is 0 Å². The Labute approximate surface area is 461 Å². The predicted octanol–water partition coefficient (Wildman–Crippen LogP) is 16.7. The van der Waals surface area contributed by atoms with E-state index in [4.69, 9.17) is 4.42 Å². The van der Waals surface area contributed by atoms with E-state index in [1.165, 1.54) is 104 Å². The van der Waals surface area contributed by atoms with Gasteiger partial charge in [-0.3, -0.25) is 0 Å².